The smallest absolute Gasteiger partial charge is 0.433 e. The minimum Gasteiger partial charge on any atom is -0.439 e. The van der Waals surface area contributed by atoms with Gasteiger partial charge in [-0.2, -0.15) is 30.0 Å². The lowest BCUT2D eigenvalue weighted by molar-refractivity contribution is -0.143. The minimum atomic E-state index is -4.57. The van der Waals surface area contributed by atoms with E-state index in [2.05, 4.69) is 20.4 Å². The van der Waals surface area contributed by atoms with E-state index < -0.39 is 17.9 Å². The van der Waals surface area contributed by atoms with Crippen molar-refractivity contribution in [1.82, 2.24) is 24.3 Å². The van der Waals surface area contributed by atoms with Gasteiger partial charge in [-0.25, -0.2) is 14.8 Å². The number of aromatic nitrogens is 5. The lowest BCUT2D eigenvalue weighted by Crippen LogP contribution is -2.18. The largest absolute Gasteiger partial charge is 0.439 e. The number of halogens is 3. The summed E-state index contributed by atoms with van der Waals surface area (Å²) < 4.78 is 46.8. The molecule has 12 heteroatoms. The van der Waals surface area contributed by atoms with Crippen LogP contribution < -0.4 is 10.1 Å². The van der Waals surface area contributed by atoms with E-state index in [0.29, 0.717) is 21.8 Å². The first-order valence-electron chi connectivity index (χ1n) is 9.41. The number of nitrogens with one attached hydrogen (secondary N) is 1. The lowest BCUT2D eigenvalue weighted by atomic mass is 10.2. The molecule has 32 heavy (non-hydrogen) atoms. The van der Waals surface area contributed by atoms with Crippen LogP contribution in [0.3, 0.4) is 0 Å². The summed E-state index contributed by atoms with van der Waals surface area (Å²) in [5.41, 5.74) is 1.54. The number of aryl methyl sites for hydroxylation is 1. The van der Waals surface area contributed by atoms with E-state index in [1.807, 2.05) is 0 Å². The Morgan fingerprint density at radius 1 is 1.19 bits per heavy atom. The van der Waals surface area contributed by atoms with Gasteiger partial charge in [-0.05, 0) is 24.3 Å². The topological polar surface area (TPSA) is 86.9 Å². The van der Waals surface area contributed by atoms with Crippen molar-refractivity contribution in [2.75, 3.05) is 5.32 Å². The van der Waals surface area contributed by atoms with Crippen molar-refractivity contribution in [3.8, 4) is 11.6 Å². The first kappa shape index (κ1) is 20.4. The zero-order valence-electron chi connectivity index (χ0n) is 16.6. The molecule has 0 bridgehead atoms. The summed E-state index contributed by atoms with van der Waals surface area (Å²) in [6.07, 6.45) is -1.57. The van der Waals surface area contributed by atoms with Gasteiger partial charge in [0.1, 0.15) is 17.8 Å². The SMILES string of the molecule is Cn1nc(NC(=O)n2ccc3cc(Oc4ncnc5c4CSC5)ccc32)cc1C(F)(F)F. The van der Waals surface area contributed by atoms with Crippen LogP contribution in [0, 0.1) is 0 Å². The van der Waals surface area contributed by atoms with Crippen LogP contribution in [-0.2, 0) is 24.7 Å². The predicted molar refractivity (Wildman–Crippen MR) is 112 cm³/mol. The molecule has 5 rings (SSSR count). The monoisotopic (exact) mass is 460 g/mol. The number of ether oxygens (including phenoxy) is 1. The quantitative estimate of drug-likeness (QED) is 0.473. The molecule has 4 heterocycles. The van der Waals surface area contributed by atoms with Gasteiger partial charge in [-0.15, -0.1) is 0 Å². The molecule has 164 valence electrons. The van der Waals surface area contributed by atoms with Crippen molar-refractivity contribution >= 4 is 34.5 Å². The number of hydrogen-bond donors (Lipinski definition) is 1. The Morgan fingerprint density at radius 3 is 2.81 bits per heavy atom. The number of carbonyl (C=O) groups excluding carboxylic acids is 1. The Bertz CT molecular complexity index is 1350. The van der Waals surface area contributed by atoms with Crippen LogP contribution in [0.25, 0.3) is 10.9 Å². The molecule has 1 N–H and O–H groups in total. The van der Waals surface area contributed by atoms with E-state index in [1.54, 1.807) is 36.0 Å². The van der Waals surface area contributed by atoms with Gasteiger partial charge in [0, 0.05) is 41.8 Å². The normalized spacial score (nSPS) is 13.4. The van der Waals surface area contributed by atoms with Gasteiger partial charge in [0.25, 0.3) is 0 Å². The highest BCUT2D eigenvalue weighted by Gasteiger charge is 2.35. The number of fused-ring (bicyclic) bond motifs is 2. The number of carbonyl (C=O) groups is 1. The highest BCUT2D eigenvalue weighted by Crippen LogP contribution is 2.36. The first-order chi connectivity index (χ1) is 15.3. The number of alkyl halides is 3. The molecule has 1 aliphatic rings. The number of thioether (sulfide) groups is 1. The molecule has 3 aromatic heterocycles. The summed E-state index contributed by atoms with van der Waals surface area (Å²) in [6.45, 7) is 0. The molecule has 0 aliphatic carbocycles. The number of rotatable bonds is 3. The Balaban J connectivity index is 1.37. The maximum absolute atomic E-state index is 12.9. The zero-order chi connectivity index (χ0) is 22.5. The van der Waals surface area contributed by atoms with E-state index in [9.17, 15) is 18.0 Å². The molecular weight excluding hydrogens is 445 g/mol. The van der Waals surface area contributed by atoms with Gasteiger partial charge in [0.15, 0.2) is 5.82 Å². The van der Waals surface area contributed by atoms with E-state index in [0.717, 1.165) is 41.3 Å². The third-order valence-corrected chi connectivity index (χ3v) is 5.95. The molecule has 0 saturated carbocycles. The third-order valence-electron chi connectivity index (χ3n) is 4.98. The summed E-state index contributed by atoms with van der Waals surface area (Å²) in [5, 5.41) is 6.83. The molecule has 0 atom stereocenters. The van der Waals surface area contributed by atoms with Gasteiger partial charge >= 0.3 is 12.2 Å². The van der Waals surface area contributed by atoms with Crippen LogP contribution in [0.1, 0.15) is 17.0 Å². The fourth-order valence-electron chi connectivity index (χ4n) is 3.47. The summed E-state index contributed by atoms with van der Waals surface area (Å²) >= 11 is 1.74. The average Bonchev–Trinajstić information content (AvgIpc) is 3.45. The predicted octanol–water partition coefficient (Wildman–Crippen LogP) is 4.80. The summed E-state index contributed by atoms with van der Waals surface area (Å²) in [7, 11) is 1.16. The second-order valence-electron chi connectivity index (χ2n) is 7.07. The molecule has 0 fully saturated rings. The molecule has 1 amide bonds. The van der Waals surface area contributed by atoms with Gasteiger partial charge in [0.2, 0.25) is 5.88 Å². The van der Waals surface area contributed by atoms with Crippen LogP contribution in [0.5, 0.6) is 11.6 Å². The van der Waals surface area contributed by atoms with Gasteiger partial charge in [0.05, 0.1) is 11.2 Å². The van der Waals surface area contributed by atoms with Crippen molar-refractivity contribution in [2.24, 2.45) is 7.05 Å². The molecule has 0 radical (unpaired) electrons. The molecule has 0 saturated heterocycles. The number of benzene rings is 1. The maximum atomic E-state index is 12.9. The highest BCUT2D eigenvalue weighted by atomic mass is 32.2. The van der Waals surface area contributed by atoms with Gasteiger partial charge < -0.3 is 4.74 Å². The van der Waals surface area contributed by atoms with Gasteiger partial charge in [-0.1, -0.05) is 0 Å². The van der Waals surface area contributed by atoms with Crippen molar-refractivity contribution in [3.63, 3.8) is 0 Å². The highest BCUT2D eigenvalue weighted by molar-refractivity contribution is 7.98. The second kappa shape index (κ2) is 7.55. The Hall–Kier alpha value is -3.54. The fourth-order valence-corrected chi connectivity index (χ4v) is 4.51. The van der Waals surface area contributed by atoms with Crippen LogP contribution in [0.15, 0.2) is 42.9 Å². The number of amides is 1. The molecule has 1 aliphatic heterocycles. The van der Waals surface area contributed by atoms with Crippen LogP contribution in [-0.4, -0.2) is 30.3 Å². The Kier molecular flexibility index (Phi) is 4.81. The third kappa shape index (κ3) is 3.66. The van der Waals surface area contributed by atoms with Crippen LogP contribution in [0.2, 0.25) is 0 Å². The number of nitrogens with zero attached hydrogens (tertiary/aromatic N) is 5. The second-order valence-corrected chi connectivity index (χ2v) is 8.06. The van der Waals surface area contributed by atoms with Gasteiger partial charge in [-0.3, -0.25) is 14.6 Å². The van der Waals surface area contributed by atoms with Crippen LogP contribution >= 0.6 is 11.8 Å². The molecule has 0 unspecified atom stereocenters. The zero-order valence-corrected chi connectivity index (χ0v) is 17.4. The molecule has 0 spiro atoms. The Labute approximate surface area is 183 Å². The van der Waals surface area contributed by atoms with E-state index in [1.165, 1.54) is 17.1 Å². The van der Waals surface area contributed by atoms with E-state index in [4.69, 9.17) is 4.74 Å². The average molecular weight is 460 g/mol. The first-order valence-corrected chi connectivity index (χ1v) is 10.6. The van der Waals surface area contributed by atoms with Crippen molar-refractivity contribution < 1.29 is 22.7 Å². The van der Waals surface area contributed by atoms with E-state index in [-0.39, 0.29) is 5.82 Å². The molecule has 4 aromatic rings. The number of anilines is 1. The van der Waals surface area contributed by atoms with Crippen molar-refractivity contribution in [2.45, 2.75) is 17.7 Å². The minimum absolute atomic E-state index is 0.192. The number of hydrogen-bond acceptors (Lipinski definition) is 6. The summed E-state index contributed by atoms with van der Waals surface area (Å²) in [4.78, 5) is 21.1. The molecular formula is C20H15F3N6O2S. The van der Waals surface area contributed by atoms with Crippen LogP contribution in [0.4, 0.5) is 23.8 Å². The fraction of sp³-hybridized carbons (Fsp3) is 0.200. The van der Waals surface area contributed by atoms with E-state index >= 15 is 0 Å². The molecule has 8 nitrogen and oxygen atoms in total. The summed E-state index contributed by atoms with van der Waals surface area (Å²) in [5.74, 6) is 2.47. The standard InChI is InChI=1S/C20H15F3N6O2S/c1-28-16(20(21,22)23)7-17(27-28)26-19(30)29-5-4-11-6-12(2-3-15(11)29)31-18-13-8-32-9-14(13)24-10-25-18/h2-7,10H,8-9H2,1H3,(H,26,27,30). The summed E-state index contributed by atoms with van der Waals surface area (Å²) in [6, 6.07) is 7.02. The van der Waals surface area contributed by atoms with Crippen molar-refractivity contribution in [1.29, 1.82) is 0 Å². The van der Waals surface area contributed by atoms with Crippen molar-refractivity contribution in [3.05, 3.63) is 59.8 Å². The molecule has 1 aromatic carbocycles. The lowest BCUT2D eigenvalue weighted by Gasteiger charge is -2.09. The maximum Gasteiger partial charge on any atom is 0.433 e. The Morgan fingerprint density at radius 2 is 2.03 bits per heavy atom.